The summed E-state index contributed by atoms with van der Waals surface area (Å²) < 4.78 is 48.2. The lowest BCUT2D eigenvalue weighted by atomic mass is 9.87. The fourth-order valence-corrected chi connectivity index (χ4v) is 2.43. The molecule has 0 fully saturated rings. The standard InChI is InChI=1S/C13H16F2O3S/c1-13(2,3)11(16)8-9-6-4-5-7-10(9)19(17,18)12(14)15/h4-7,12H,8H2,1-3H3. The number of sulfone groups is 1. The molecule has 0 aromatic heterocycles. The van der Waals surface area contributed by atoms with Crippen molar-refractivity contribution in [3.63, 3.8) is 0 Å². The van der Waals surface area contributed by atoms with Gasteiger partial charge in [-0.05, 0) is 11.6 Å². The zero-order chi connectivity index (χ0) is 14.8. The number of alkyl halides is 2. The van der Waals surface area contributed by atoms with Crippen LogP contribution in [-0.2, 0) is 21.1 Å². The molecular weight excluding hydrogens is 274 g/mol. The van der Waals surface area contributed by atoms with Crippen LogP contribution in [0.5, 0.6) is 0 Å². The van der Waals surface area contributed by atoms with E-state index < -0.39 is 25.9 Å². The Kier molecular flexibility index (Phi) is 4.45. The van der Waals surface area contributed by atoms with Gasteiger partial charge in [-0.25, -0.2) is 8.42 Å². The average molecular weight is 290 g/mol. The van der Waals surface area contributed by atoms with Gasteiger partial charge in [-0.1, -0.05) is 39.0 Å². The molecule has 0 saturated heterocycles. The molecule has 0 aliphatic carbocycles. The minimum absolute atomic E-state index is 0.114. The van der Waals surface area contributed by atoms with Crippen LogP contribution < -0.4 is 0 Å². The fourth-order valence-electron chi connectivity index (χ4n) is 1.46. The van der Waals surface area contributed by atoms with Crippen molar-refractivity contribution in [2.75, 3.05) is 0 Å². The van der Waals surface area contributed by atoms with Crippen LogP contribution in [-0.4, -0.2) is 20.0 Å². The van der Waals surface area contributed by atoms with Gasteiger partial charge in [0, 0.05) is 11.8 Å². The van der Waals surface area contributed by atoms with Gasteiger partial charge < -0.3 is 0 Å². The van der Waals surface area contributed by atoms with Crippen molar-refractivity contribution >= 4 is 15.6 Å². The molecule has 0 radical (unpaired) electrons. The van der Waals surface area contributed by atoms with E-state index in [-0.39, 0.29) is 17.8 Å². The van der Waals surface area contributed by atoms with Crippen LogP contribution in [0, 0.1) is 5.41 Å². The smallest absolute Gasteiger partial charge is 0.299 e. The molecule has 106 valence electrons. The quantitative estimate of drug-likeness (QED) is 0.856. The fraction of sp³-hybridized carbons (Fsp3) is 0.462. The maximum absolute atomic E-state index is 12.6. The second-order valence-corrected chi connectivity index (χ2v) is 7.15. The van der Waals surface area contributed by atoms with Crippen LogP contribution in [0.4, 0.5) is 8.78 Å². The Bertz CT molecular complexity index is 572. The largest absolute Gasteiger partial charge is 0.341 e. The highest BCUT2D eigenvalue weighted by Crippen LogP contribution is 2.25. The van der Waals surface area contributed by atoms with Gasteiger partial charge in [0.2, 0.25) is 9.84 Å². The number of hydrogen-bond donors (Lipinski definition) is 0. The zero-order valence-corrected chi connectivity index (χ0v) is 11.8. The van der Waals surface area contributed by atoms with Crippen molar-refractivity contribution in [2.24, 2.45) is 5.41 Å². The maximum Gasteiger partial charge on any atom is 0.341 e. The van der Waals surface area contributed by atoms with Crippen LogP contribution in [0.3, 0.4) is 0 Å². The third-order valence-corrected chi connectivity index (χ3v) is 4.18. The van der Waals surface area contributed by atoms with Gasteiger partial charge in [-0.15, -0.1) is 0 Å². The van der Waals surface area contributed by atoms with Gasteiger partial charge >= 0.3 is 5.76 Å². The number of halogens is 2. The molecule has 1 aromatic rings. The molecule has 0 aliphatic heterocycles. The van der Waals surface area contributed by atoms with Crippen molar-refractivity contribution in [3.05, 3.63) is 29.8 Å². The summed E-state index contributed by atoms with van der Waals surface area (Å²) in [5.74, 6) is -3.69. The van der Waals surface area contributed by atoms with E-state index in [4.69, 9.17) is 0 Å². The second kappa shape index (κ2) is 5.36. The summed E-state index contributed by atoms with van der Waals surface area (Å²) in [7, 11) is -4.68. The van der Waals surface area contributed by atoms with Crippen LogP contribution in [0.1, 0.15) is 26.3 Å². The number of ketones is 1. The second-order valence-electron chi connectivity index (χ2n) is 5.26. The van der Waals surface area contributed by atoms with E-state index in [1.54, 1.807) is 20.8 Å². The van der Waals surface area contributed by atoms with E-state index in [0.717, 1.165) is 6.07 Å². The molecule has 0 bridgehead atoms. The highest BCUT2D eigenvalue weighted by atomic mass is 32.2. The summed E-state index contributed by atoms with van der Waals surface area (Å²) >= 11 is 0. The molecular formula is C13H16F2O3S. The normalized spacial score (nSPS) is 12.7. The van der Waals surface area contributed by atoms with E-state index in [9.17, 15) is 22.0 Å². The van der Waals surface area contributed by atoms with Gasteiger partial charge in [0.1, 0.15) is 5.78 Å². The van der Waals surface area contributed by atoms with Crippen molar-refractivity contribution < 1.29 is 22.0 Å². The van der Waals surface area contributed by atoms with Crippen LogP contribution in [0.15, 0.2) is 29.2 Å². The van der Waals surface area contributed by atoms with Crippen LogP contribution >= 0.6 is 0 Å². The van der Waals surface area contributed by atoms with Gasteiger partial charge in [0.05, 0.1) is 4.90 Å². The van der Waals surface area contributed by atoms with Crippen LogP contribution in [0.25, 0.3) is 0 Å². The third kappa shape index (κ3) is 3.59. The van der Waals surface area contributed by atoms with Gasteiger partial charge in [0.25, 0.3) is 0 Å². The number of benzene rings is 1. The van der Waals surface area contributed by atoms with Crippen LogP contribution in [0.2, 0.25) is 0 Å². The summed E-state index contributed by atoms with van der Waals surface area (Å²) in [6.07, 6.45) is -0.175. The van der Waals surface area contributed by atoms with Crippen molar-refractivity contribution in [3.8, 4) is 0 Å². The van der Waals surface area contributed by atoms with Crippen molar-refractivity contribution in [2.45, 2.75) is 37.8 Å². The maximum atomic E-state index is 12.6. The first-order valence-electron chi connectivity index (χ1n) is 5.70. The number of hydrogen-bond acceptors (Lipinski definition) is 3. The van der Waals surface area contributed by atoms with Gasteiger partial charge in [-0.3, -0.25) is 4.79 Å². The molecule has 0 amide bonds. The number of rotatable bonds is 4. The van der Waals surface area contributed by atoms with E-state index >= 15 is 0 Å². The molecule has 0 spiro atoms. The average Bonchev–Trinajstić information content (AvgIpc) is 2.28. The molecule has 0 atom stereocenters. The molecule has 6 heteroatoms. The molecule has 0 unspecified atom stereocenters. The Morgan fingerprint density at radius 1 is 1.21 bits per heavy atom. The summed E-state index contributed by atoms with van der Waals surface area (Å²) in [5, 5.41) is 0. The van der Waals surface area contributed by atoms with E-state index in [2.05, 4.69) is 0 Å². The lowest BCUT2D eigenvalue weighted by Crippen LogP contribution is -2.23. The highest BCUT2D eigenvalue weighted by molar-refractivity contribution is 7.91. The van der Waals surface area contributed by atoms with E-state index in [1.807, 2.05) is 0 Å². The summed E-state index contributed by atoms with van der Waals surface area (Å²) in [6, 6.07) is 5.38. The minimum atomic E-state index is -4.68. The molecule has 0 saturated carbocycles. The predicted octanol–water partition coefficient (Wildman–Crippen LogP) is 2.84. The first kappa shape index (κ1) is 15.8. The molecule has 3 nitrogen and oxygen atoms in total. The Balaban J connectivity index is 3.22. The minimum Gasteiger partial charge on any atom is -0.299 e. The number of carbonyl (C=O) groups is 1. The predicted molar refractivity (Wildman–Crippen MR) is 67.8 cm³/mol. The molecule has 19 heavy (non-hydrogen) atoms. The summed E-state index contributed by atoms with van der Waals surface area (Å²) in [4.78, 5) is 11.4. The summed E-state index contributed by atoms with van der Waals surface area (Å²) in [5.41, 5.74) is -0.537. The summed E-state index contributed by atoms with van der Waals surface area (Å²) in [6.45, 7) is 5.08. The third-order valence-electron chi connectivity index (χ3n) is 2.70. The number of carbonyl (C=O) groups excluding carboxylic acids is 1. The monoisotopic (exact) mass is 290 g/mol. The van der Waals surface area contributed by atoms with Gasteiger partial charge in [-0.2, -0.15) is 8.78 Å². The first-order valence-corrected chi connectivity index (χ1v) is 7.24. The van der Waals surface area contributed by atoms with E-state index in [1.165, 1.54) is 18.2 Å². The SMILES string of the molecule is CC(C)(C)C(=O)Cc1ccccc1S(=O)(=O)C(F)F. The van der Waals surface area contributed by atoms with Gasteiger partial charge in [0.15, 0.2) is 0 Å². The van der Waals surface area contributed by atoms with E-state index in [0.29, 0.717) is 0 Å². The molecule has 0 heterocycles. The number of Topliss-reactive ketones (excluding diaryl/α,β-unsaturated/α-hetero) is 1. The molecule has 1 rings (SSSR count). The molecule has 1 aromatic carbocycles. The van der Waals surface area contributed by atoms with Crippen molar-refractivity contribution in [1.82, 2.24) is 0 Å². The lowest BCUT2D eigenvalue weighted by molar-refractivity contribution is -0.125. The molecule has 0 N–H and O–H groups in total. The Morgan fingerprint density at radius 2 is 1.74 bits per heavy atom. The highest BCUT2D eigenvalue weighted by Gasteiger charge is 2.30. The lowest BCUT2D eigenvalue weighted by Gasteiger charge is -2.17. The zero-order valence-electron chi connectivity index (χ0n) is 11.0. The van der Waals surface area contributed by atoms with Crippen molar-refractivity contribution in [1.29, 1.82) is 0 Å². The molecule has 0 aliphatic rings. The first-order chi connectivity index (χ1) is 8.56. The topological polar surface area (TPSA) is 51.2 Å². The Hall–Kier alpha value is -1.30. The Labute approximate surface area is 111 Å². The Morgan fingerprint density at radius 3 is 2.21 bits per heavy atom.